The van der Waals surface area contributed by atoms with Gasteiger partial charge in [0.1, 0.15) is 0 Å². The van der Waals surface area contributed by atoms with E-state index in [4.69, 9.17) is 17.3 Å². The average molecular weight is 450 g/mol. The number of carbonyl (C=O) groups is 2. The molecule has 3 amide bonds. The summed E-state index contributed by atoms with van der Waals surface area (Å²) >= 11 is 6.26. The Labute approximate surface area is 192 Å². The molecule has 165 valence electrons. The number of nitrogens with one attached hydrogen (secondary N) is 3. The second kappa shape index (κ2) is 10.0. The third kappa shape index (κ3) is 5.03. The van der Waals surface area contributed by atoms with Crippen LogP contribution in [-0.2, 0) is 6.54 Å². The van der Waals surface area contributed by atoms with E-state index in [0.29, 0.717) is 22.0 Å². The lowest BCUT2D eigenvalue weighted by Crippen LogP contribution is -2.31. The highest BCUT2D eigenvalue weighted by atomic mass is 35.5. The van der Waals surface area contributed by atoms with Crippen molar-refractivity contribution in [3.05, 3.63) is 76.8 Å². The number of hydrogen-bond acceptors (Lipinski definition) is 3. The van der Waals surface area contributed by atoms with Crippen molar-refractivity contribution in [2.24, 2.45) is 5.73 Å². The number of rotatable bonds is 5. The van der Waals surface area contributed by atoms with Gasteiger partial charge in [0.05, 0.1) is 28.0 Å². The summed E-state index contributed by atoms with van der Waals surface area (Å²) in [7, 11) is 0. The Kier molecular flexibility index (Phi) is 6.93. The minimum absolute atomic E-state index is 0.219. The van der Waals surface area contributed by atoms with Crippen LogP contribution in [-0.4, -0.2) is 11.9 Å². The lowest BCUT2D eigenvalue weighted by Gasteiger charge is -2.22. The van der Waals surface area contributed by atoms with Crippen LogP contribution in [0.15, 0.2) is 54.6 Å². The molecule has 0 aromatic heterocycles. The van der Waals surface area contributed by atoms with Crippen LogP contribution in [0, 0.1) is 6.04 Å². The first-order valence-electron chi connectivity index (χ1n) is 10.8. The molecule has 5 N–H and O–H groups in total. The molecule has 1 fully saturated rings. The molecule has 32 heavy (non-hydrogen) atoms. The maximum atomic E-state index is 13.1. The Morgan fingerprint density at radius 1 is 0.875 bits per heavy atom. The van der Waals surface area contributed by atoms with Crippen LogP contribution in [0.3, 0.4) is 0 Å². The highest BCUT2D eigenvalue weighted by molar-refractivity contribution is 6.34. The zero-order valence-electron chi connectivity index (χ0n) is 17.7. The fraction of sp³-hybridized carbons (Fsp3) is 0.240. The molecule has 0 spiro atoms. The van der Waals surface area contributed by atoms with Gasteiger partial charge in [-0.3, -0.25) is 4.79 Å². The van der Waals surface area contributed by atoms with Gasteiger partial charge in [0.15, 0.2) is 0 Å². The maximum absolute atomic E-state index is 13.1. The molecule has 1 aliphatic rings. The van der Waals surface area contributed by atoms with Crippen LogP contribution in [0.4, 0.5) is 16.2 Å². The van der Waals surface area contributed by atoms with Crippen LogP contribution in [0.2, 0.25) is 5.02 Å². The highest BCUT2D eigenvalue weighted by Crippen LogP contribution is 2.29. The van der Waals surface area contributed by atoms with Crippen molar-refractivity contribution in [1.29, 1.82) is 0 Å². The maximum Gasteiger partial charge on any atom is 0.323 e. The van der Waals surface area contributed by atoms with Crippen LogP contribution < -0.4 is 21.7 Å². The van der Waals surface area contributed by atoms with Gasteiger partial charge in [-0.15, -0.1) is 0 Å². The quantitative estimate of drug-likeness (QED) is 0.395. The van der Waals surface area contributed by atoms with Crippen LogP contribution >= 0.6 is 11.6 Å². The number of nitrogens with two attached hydrogens (primary N) is 1. The number of para-hydroxylation sites is 1. The van der Waals surface area contributed by atoms with Crippen LogP contribution in [0.1, 0.15) is 48.0 Å². The minimum atomic E-state index is -0.498. The minimum Gasteiger partial charge on any atom is -0.344 e. The molecular weight excluding hydrogens is 424 g/mol. The number of urea groups is 1. The molecule has 1 radical (unpaired) electrons. The van der Waals surface area contributed by atoms with Crippen molar-refractivity contribution in [2.45, 2.75) is 38.6 Å². The topological polar surface area (TPSA) is 96.2 Å². The molecule has 0 unspecified atom stereocenters. The van der Waals surface area contributed by atoms with Gasteiger partial charge in [0, 0.05) is 6.54 Å². The van der Waals surface area contributed by atoms with E-state index in [0.717, 1.165) is 48.1 Å². The van der Waals surface area contributed by atoms with Gasteiger partial charge in [-0.1, -0.05) is 67.3 Å². The SMILES string of the molecule is NCc1cccc(Cl)c1NC(=O)Nc1cc2ccccc2cc1C(=O)N[C]1CCCCC1. The lowest BCUT2D eigenvalue weighted by atomic mass is 9.95. The number of carbonyl (C=O) groups excluding carboxylic acids is 2. The molecule has 0 saturated heterocycles. The third-order valence-electron chi connectivity index (χ3n) is 5.68. The molecule has 4 rings (SSSR count). The standard InChI is InChI=1S/C25H26ClN4O2/c26-21-12-6-9-18(15-27)23(21)30-25(32)29-22-14-17-8-5-4-7-16(17)13-20(22)24(31)28-19-10-2-1-3-11-19/h4-9,12-14H,1-3,10-11,15,27H2,(H,28,31)(H2,29,30,32). The van der Waals surface area contributed by atoms with E-state index in [2.05, 4.69) is 16.0 Å². The molecule has 1 saturated carbocycles. The molecule has 7 heteroatoms. The van der Waals surface area contributed by atoms with E-state index < -0.39 is 6.03 Å². The monoisotopic (exact) mass is 449 g/mol. The molecule has 1 aliphatic carbocycles. The number of amides is 3. The van der Waals surface area contributed by atoms with E-state index in [9.17, 15) is 9.59 Å². The molecule has 0 bridgehead atoms. The van der Waals surface area contributed by atoms with Crippen LogP contribution in [0.5, 0.6) is 0 Å². The smallest absolute Gasteiger partial charge is 0.323 e. The average Bonchev–Trinajstić information content (AvgIpc) is 2.80. The summed E-state index contributed by atoms with van der Waals surface area (Å²) in [4.78, 5) is 26.0. The van der Waals surface area contributed by atoms with Gasteiger partial charge in [0.2, 0.25) is 0 Å². The Hall–Kier alpha value is -3.09. The van der Waals surface area contributed by atoms with E-state index in [1.807, 2.05) is 36.4 Å². The van der Waals surface area contributed by atoms with Crippen molar-refractivity contribution in [3.63, 3.8) is 0 Å². The van der Waals surface area contributed by atoms with Crippen molar-refractivity contribution < 1.29 is 9.59 Å². The van der Waals surface area contributed by atoms with Gasteiger partial charge in [-0.25, -0.2) is 4.79 Å². The molecule has 0 atom stereocenters. The molecule has 0 heterocycles. The molecule has 6 nitrogen and oxygen atoms in total. The predicted octanol–water partition coefficient (Wildman–Crippen LogP) is 5.82. The van der Waals surface area contributed by atoms with E-state index in [1.54, 1.807) is 18.2 Å². The van der Waals surface area contributed by atoms with Gasteiger partial charge >= 0.3 is 6.03 Å². The van der Waals surface area contributed by atoms with Gasteiger partial charge in [-0.05, 0) is 47.4 Å². The fourth-order valence-corrected chi connectivity index (χ4v) is 4.25. The Bertz CT molecular complexity index is 1140. The fourth-order valence-electron chi connectivity index (χ4n) is 4.01. The summed E-state index contributed by atoms with van der Waals surface area (Å²) in [5.41, 5.74) is 7.79. The van der Waals surface area contributed by atoms with Crippen molar-refractivity contribution in [2.75, 3.05) is 10.6 Å². The summed E-state index contributed by atoms with van der Waals surface area (Å²) in [6, 6.07) is 17.2. The van der Waals surface area contributed by atoms with Crippen molar-refractivity contribution in [3.8, 4) is 0 Å². The number of halogens is 1. The van der Waals surface area contributed by atoms with Crippen molar-refractivity contribution in [1.82, 2.24) is 5.32 Å². The molecule has 0 aliphatic heterocycles. The molecule has 3 aromatic carbocycles. The summed E-state index contributed by atoms with van der Waals surface area (Å²) in [6.45, 7) is 0.235. The zero-order chi connectivity index (χ0) is 22.5. The number of benzene rings is 3. The second-order valence-electron chi connectivity index (χ2n) is 7.92. The number of hydrogen-bond donors (Lipinski definition) is 4. The third-order valence-corrected chi connectivity index (χ3v) is 6.00. The van der Waals surface area contributed by atoms with Crippen molar-refractivity contribution >= 4 is 45.7 Å². The van der Waals surface area contributed by atoms with E-state index >= 15 is 0 Å². The lowest BCUT2D eigenvalue weighted by molar-refractivity contribution is 0.0951. The normalized spacial score (nSPS) is 14.2. The number of fused-ring (bicyclic) bond motifs is 1. The summed E-state index contributed by atoms with van der Waals surface area (Å²) in [5.74, 6) is -0.219. The molecule has 3 aromatic rings. The zero-order valence-corrected chi connectivity index (χ0v) is 18.5. The second-order valence-corrected chi connectivity index (χ2v) is 8.33. The Balaban J connectivity index is 1.61. The molecular formula is C25H26ClN4O2. The Morgan fingerprint density at radius 3 is 2.31 bits per heavy atom. The van der Waals surface area contributed by atoms with Gasteiger partial charge in [0.25, 0.3) is 5.91 Å². The predicted molar refractivity (Wildman–Crippen MR) is 130 cm³/mol. The summed E-state index contributed by atoms with van der Waals surface area (Å²) in [5, 5.41) is 10.9. The van der Waals surface area contributed by atoms with Crippen LogP contribution in [0.25, 0.3) is 10.8 Å². The first-order chi connectivity index (χ1) is 15.5. The largest absolute Gasteiger partial charge is 0.344 e. The number of anilines is 2. The van der Waals surface area contributed by atoms with Gasteiger partial charge < -0.3 is 21.7 Å². The van der Waals surface area contributed by atoms with E-state index in [-0.39, 0.29) is 12.5 Å². The summed E-state index contributed by atoms with van der Waals surface area (Å²) in [6.07, 6.45) is 5.16. The van der Waals surface area contributed by atoms with E-state index in [1.165, 1.54) is 6.42 Å². The summed E-state index contributed by atoms with van der Waals surface area (Å²) < 4.78 is 0. The Morgan fingerprint density at radius 2 is 1.59 bits per heavy atom. The van der Waals surface area contributed by atoms with Gasteiger partial charge in [-0.2, -0.15) is 0 Å². The first-order valence-corrected chi connectivity index (χ1v) is 11.2. The highest BCUT2D eigenvalue weighted by Gasteiger charge is 2.21. The first kappa shape index (κ1) is 22.1.